The Bertz CT molecular complexity index is 3240. The maximum Gasteiger partial charge on any atom is 0.254 e. The van der Waals surface area contributed by atoms with Gasteiger partial charge in [0.2, 0.25) is 0 Å². The van der Waals surface area contributed by atoms with Gasteiger partial charge in [-0.25, -0.2) is 0 Å². The molecule has 0 fully saturated rings. The lowest BCUT2D eigenvalue weighted by molar-refractivity contribution is 0.590. The second-order valence-electron chi connectivity index (χ2n) is 17.4. The molecule has 0 aliphatic carbocycles. The highest BCUT2D eigenvalue weighted by Gasteiger charge is 2.46. The van der Waals surface area contributed by atoms with E-state index in [1.165, 1.54) is 65.0 Å². The Kier molecular flexibility index (Phi) is 8.35. The van der Waals surface area contributed by atoms with Gasteiger partial charge in [-0.1, -0.05) is 130 Å². The van der Waals surface area contributed by atoms with E-state index >= 15 is 0 Å². The van der Waals surface area contributed by atoms with E-state index in [0.29, 0.717) is 0 Å². The number of rotatable bonds is 6. The molecule has 0 saturated carbocycles. The normalized spacial score (nSPS) is 13.0. The molecule has 296 valence electrons. The largest absolute Gasteiger partial charge is 0.316 e. The lowest BCUT2D eigenvalue weighted by atomic mass is 9.33. The van der Waals surface area contributed by atoms with E-state index in [-0.39, 0.29) is 12.1 Å². The van der Waals surface area contributed by atoms with Gasteiger partial charge in [-0.05, 0) is 124 Å². The van der Waals surface area contributed by atoms with Crippen LogP contribution in [0.4, 0.5) is 50.5 Å². The van der Waals surface area contributed by atoms with E-state index < -0.39 is 0 Å². The van der Waals surface area contributed by atoms with Gasteiger partial charge in [0.25, 0.3) is 6.71 Å². The van der Waals surface area contributed by atoms with Crippen LogP contribution in [0.2, 0.25) is 0 Å². The lowest BCUT2D eigenvalue weighted by Crippen LogP contribution is -2.61. The fourth-order valence-electron chi connectivity index (χ4n) is 9.91. The Balaban J connectivity index is 1.23. The van der Waals surface area contributed by atoms with Crippen LogP contribution in [-0.2, 0) is 5.41 Å². The minimum atomic E-state index is -0.0216. The van der Waals surface area contributed by atoms with Crippen LogP contribution in [0.3, 0.4) is 0 Å². The number of nitrogens with zero attached hydrogens (tertiary/aromatic N) is 4. The maximum atomic E-state index is 2.57. The van der Waals surface area contributed by atoms with Crippen LogP contribution in [0.15, 0.2) is 206 Å². The average Bonchev–Trinajstić information content (AvgIpc) is 3.93. The molecule has 0 atom stereocenters. The first-order valence-corrected chi connectivity index (χ1v) is 22.3. The number of para-hydroxylation sites is 4. The van der Waals surface area contributed by atoms with Crippen molar-refractivity contribution in [3.63, 3.8) is 0 Å². The number of hydrogen-bond acceptors (Lipinski definition) is 4. The predicted octanol–water partition coefficient (Wildman–Crippen LogP) is 13.7. The van der Waals surface area contributed by atoms with E-state index in [4.69, 9.17) is 0 Å². The Hall–Kier alpha value is -7.28. The summed E-state index contributed by atoms with van der Waals surface area (Å²) in [5.74, 6) is 0. The smallest absolute Gasteiger partial charge is 0.254 e. The summed E-state index contributed by atoms with van der Waals surface area (Å²) in [7, 11) is 0. The Morgan fingerprint density at radius 2 is 1.05 bits per heavy atom. The highest BCUT2D eigenvalue weighted by atomic mass is 32.1. The molecule has 0 N–H and O–H groups in total. The van der Waals surface area contributed by atoms with Crippen molar-refractivity contribution in [1.29, 1.82) is 0 Å². The van der Waals surface area contributed by atoms with Crippen molar-refractivity contribution in [3.8, 4) is 5.69 Å². The lowest BCUT2D eigenvalue weighted by Gasteiger charge is -2.44. The maximum absolute atomic E-state index is 2.57. The highest BCUT2D eigenvalue weighted by Crippen LogP contribution is 2.51. The molecule has 0 saturated heterocycles. The first-order chi connectivity index (χ1) is 30.4. The number of benzene rings is 8. The molecule has 8 aromatic carbocycles. The molecule has 0 unspecified atom stereocenters. The van der Waals surface area contributed by atoms with Crippen LogP contribution >= 0.6 is 11.3 Å². The van der Waals surface area contributed by atoms with Crippen LogP contribution in [0.1, 0.15) is 26.3 Å². The minimum absolute atomic E-state index is 0.0216. The van der Waals surface area contributed by atoms with Gasteiger partial charge in [0.05, 0.1) is 21.9 Å². The zero-order chi connectivity index (χ0) is 41.5. The van der Waals surface area contributed by atoms with E-state index in [1.54, 1.807) is 0 Å². The number of hydrogen-bond donors (Lipinski definition) is 0. The number of aromatic nitrogens is 1. The van der Waals surface area contributed by atoms with Crippen LogP contribution in [-0.4, -0.2) is 11.3 Å². The second kappa shape index (κ2) is 14.2. The monoisotopic (exact) mass is 814 g/mol. The summed E-state index contributed by atoms with van der Waals surface area (Å²) in [5.41, 5.74) is 16.8. The van der Waals surface area contributed by atoms with E-state index in [0.717, 1.165) is 34.1 Å². The van der Waals surface area contributed by atoms with Gasteiger partial charge in [0.1, 0.15) is 0 Å². The predicted molar refractivity (Wildman–Crippen MR) is 266 cm³/mol. The van der Waals surface area contributed by atoms with Gasteiger partial charge in [-0.3, -0.25) is 0 Å². The molecule has 4 nitrogen and oxygen atoms in total. The Morgan fingerprint density at radius 3 is 1.69 bits per heavy atom. The average molecular weight is 815 g/mol. The fraction of sp³-hybridized carbons (Fsp3) is 0.0714. The van der Waals surface area contributed by atoms with Gasteiger partial charge >= 0.3 is 0 Å². The molecule has 0 radical (unpaired) electrons. The SMILES string of the molecule is CC(C)(C)c1ccc(N2c3cc(N(c4ccccc4)c4ccccc4)cc4c3B(c3ccc5c(ccn5-c5ccccc5)c3N4c3ccccc3)c3c2sc2ccccc32)cc1. The van der Waals surface area contributed by atoms with Crippen molar-refractivity contribution in [3.05, 3.63) is 212 Å². The number of anilines is 9. The summed E-state index contributed by atoms with van der Waals surface area (Å²) >= 11 is 1.90. The summed E-state index contributed by atoms with van der Waals surface area (Å²) in [6, 6.07) is 73.6. The standard InChI is InChI=1S/C56H43BN4S/c1-56(2,3)38-28-30-43(31-29-38)61-50-37-44(59(40-20-10-5-11-21-40)41-22-12-6-13-23-41)36-49-53(50)57(52-46-26-16-17-27-51(46)62-55(52)61)47-32-33-48-45(34-35-58(48)39-18-8-4-9-19-39)54(47)60(49)42-24-14-7-15-25-42/h4-37H,1-3H3. The molecule has 2 aliphatic heterocycles. The van der Waals surface area contributed by atoms with Gasteiger partial charge in [0.15, 0.2) is 0 Å². The van der Waals surface area contributed by atoms with Crippen LogP contribution < -0.4 is 31.1 Å². The summed E-state index contributed by atoms with van der Waals surface area (Å²) in [5, 5.41) is 3.80. The van der Waals surface area contributed by atoms with E-state index in [1.807, 2.05) is 11.3 Å². The van der Waals surface area contributed by atoms with E-state index in [9.17, 15) is 0 Å². The third-order valence-corrected chi connectivity index (χ3v) is 13.9. The summed E-state index contributed by atoms with van der Waals surface area (Å²) in [6.07, 6.45) is 2.24. The number of thiophene rings is 1. The van der Waals surface area contributed by atoms with Gasteiger partial charge in [-0.15, -0.1) is 11.3 Å². The van der Waals surface area contributed by atoms with Crippen LogP contribution in [0.25, 0.3) is 26.7 Å². The van der Waals surface area contributed by atoms with Crippen molar-refractivity contribution in [2.45, 2.75) is 26.2 Å². The number of fused-ring (bicyclic) bond motifs is 8. The van der Waals surface area contributed by atoms with Crippen molar-refractivity contribution < 1.29 is 0 Å². The molecule has 10 aromatic rings. The third-order valence-electron chi connectivity index (χ3n) is 12.7. The molecule has 0 spiro atoms. The molecule has 6 heteroatoms. The van der Waals surface area contributed by atoms with Crippen molar-refractivity contribution in [2.75, 3.05) is 14.7 Å². The van der Waals surface area contributed by atoms with Gasteiger partial charge in [0, 0.05) is 56.1 Å². The molecule has 0 amide bonds. The summed E-state index contributed by atoms with van der Waals surface area (Å²) in [6.45, 7) is 6.85. The van der Waals surface area contributed by atoms with Crippen molar-refractivity contribution in [1.82, 2.24) is 4.57 Å². The zero-order valence-electron chi connectivity index (χ0n) is 34.9. The van der Waals surface area contributed by atoms with Crippen molar-refractivity contribution in [2.24, 2.45) is 0 Å². The minimum Gasteiger partial charge on any atom is -0.316 e. The topological polar surface area (TPSA) is 14.7 Å². The first kappa shape index (κ1) is 36.6. The molecule has 2 aromatic heterocycles. The van der Waals surface area contributed by atoms with Crippen molar-refractivity contribution >= 4 is 106 Å². The third kappa shape index (κ3) is 5.67. The molecule has 12 rings (SSSR count). The molecule has 4 heterocycles. The molecule has 62 heavy (non-hydrogen) atoms. The molecule has 0 bridgehead atoms. The first-order valence-electron chi connectivity index (χ1n) is 21.5. The van der Waals surface area contributed by atoms with Crippen LogP contribution in [0.5, 0.6) is 0 Å². The molecular formula is C56H43BN4S. The fourth-order valence-corrected chi connectivity index (χ4v) is 11.2. The zero-order valence-corrected chi connectivity index (χ0v) is 35.7. The molecule has 2 aliphatic rings. The Labute approximate surface area is 367 Å². The summed E-state index contributed by atoms with van der Waals surface area (Å²) < 4.78 is 3.62. The van der Waals surface area contributed by atoms with E-state index in [2.05, 4.69) is 246 Å². The van der Waals surface area contributed by atoms with Crippen LogP contribution in [0, 0.1) is 0 Å². The summed E-state index contributed by atoms with van der Waals surface area (Å²) in [4.78, 5) is 7.54. The second-order valence-corrected chi connectivity index (χ2v) is 18.4. The van der Waals surface area contributed by atoms with Gasteiger partial charge in [-0.2, -0.15) is 0 Å². The highest BCUT2D eigenvalue weighted by molar-refractivity contribution is 7.26. The van der Waals surface area contributed by atoms with Gasteiger partial charge < -0.3 is 19.3 Å². The Morgan fingerprint density at radius 1 is 0.484 bits per heavy atom. The quantitative estimate of drug-likeness (QED) is 0.155. The molecular weight excluding hydrogens is 772 g/mol.